The minimum absolute atomic E-state index is 0.209. The van der Waals surface area contributed by atoms with Gasteiger partial charge in [-0.1, -0.05) is 36.4 Å². The van der Waals surface area contributed by atoms with E-state index in [1.807, 2.05) is 60.3 Å². The second-order valence-corrected chi connectivity index (χ2v) is 6.00. The minimum atomic E-state index is -0.493. The highest BCUT2D eigenvalue weighted by Crippen LogP contribution is 2.39. The number of nitrogens with zero attached hydrogens (tertiary/aromatic N) is 2. The first-order valence-corrected chi connectivity index (χ1v) is 7.42. The average molecular weight is 288 g/mol. The van der Waals surface area contributed by atoms with Crippen LogP contribution in [-0.2, 0) is 11.8 Å². The van der Waals surface area contributed by atoms with Gasteiger partial charge in [0.2, 0.25) is 0 Å². The number of ketones is 1. The molecule has 0 bridgehead atoms. The molecule has 1 atom stereocenters. The Morgan fingerprint density at radius 3 is 2.73 bits per heavy atom. The van der Waals surface area contributed by atoms with Gasteiger partial charge in [-0.05, 0) is 42.7 Å². The molecule has 1 aromatic heterocycles. The fraction of sp³-hybridized carbons (Fsp3) is 0.158. The zero-order chi connectivity index (χ0) is 15.2. The van der Waals surface area contributed by atoms with Crippen molar-refractivity contribution in [2.45, 2.75) is 18.8 Å². The standard InChI is InChI=1S/C19H16N2O/c1-19(13-14-6-2-3-9-17(14)18(19)22)15-7-4-8-16(12-15)21-11-5-10-20-21/h2-12H,13H2,1H3/t19-/m0/s1. The van der Waals surface area contributed by atoms with Crippen molar-refractivity contribution in [3.05, 3.63) is 83.7 Å². The Hall–Kier alpha value is -2.68. The average Bonchev–Trinajstić information content (AvgIpc) is 3.17. The summed E-state index contributed by atoms with van der Waals surface area (Å²) in [4.78, 5) is 12.9. The number of hydrogen-bond acceptors (Lipinski definition) is 2. The Bertz CT molecular complexity index is 851. The minimum Gasteiger partial charge on any atom is -0.293 e. The third-order valence-corrected chi connectivity index (χ3v) is 4.56. The van der Waals surface area contributed by atoms with E-state index in [1.54, 1.807) is 6.20 Å². The third kappa shape index (κ3) is 1.82. The van der Waals surface area contributed by atoms with Crippen LogP contribution < -0.4 is 0 Å². The van der Waals surface area contributed by atoms with Gasteiger partial charge in [0, 0.05) is 18.0 Å². The Morgan fingerprint density at radius 1 is 1.09 bits per heavy atom. The lowest BCUT2D eigenvalue weighted by Crippen LogP contribution is -2.29. The largest absolute Gasteiger partial charge is 0.293 e. The van der Waals surface area contributed by atoms with Crippen molar-refractivity contribution in [3.63, 3.8) is 0 Å². The van der Waals surface area contributed by atoms with Gasteiger partial charge in [0.1, 0.15) is 0 Å². The van der Waals surface area contributed by atoms with Crippen LogP contribution in [0.5, 0.6) is 0 Å². The topological polar surface area (TPSA) is 34.9 Å². The normalized spacial score (nSPS) is 20.1. The monoisotopic (exact) mass is 288 g/mol. The molecule has 0 fully saturated rings. The first-order valence-electron chi connectivity index (χ1n) is 7.42. The van der Waals surface area contributed by atoms with E-state index in [4.69, 9.17) is 0 Å². The quantitative estimate of drug-likeness (QED) is 0.722. The van der Waals surface area contributed by atoms with E-state index in [1.165, 1.54) is 0 Å². The van der Waals surface area contributed by atoms with Crippen molar-refractivity contribution in [2.24, 2.45) is 0 Å². The van der Waals surface area contributed by atoms with E-state index in [0.29, 0.717) is 0 Å². The lowest BCUT2D eigenvalue weighted by molar-refractivity contribution is 0.0915. The molecule has 3 heteroatoms. The molecule has 0 N–H and O–H groups in total. The highest BCUT2D eigenvalue weighted by molar-refractivity contribution is 6.08. The number of aromatic nitrogens is 2. The molecule has 0 spiro atoms. The Labute approximate surface area is 129 Å². The Kier molecular flexibility index (Phi) is 2.76. The molecule has 0 saturated heterocycles. The molecule has 1 heterocycles. The molecule has 2 aromatic carbocycles. The second-order valence-electron chi connectivity index (χ2n) is 6.00. The maximum Gasteiger partial charge on any atom is 0.173 e. The SMILES string of the molecule is C[C@@]1(c2cccc(-n3cccn3)c2)Cc2ccccc2C1=O. The molecule has 0 amide bonds. The van der Waals surface area contributed by atoms with Gasteiger partial charge < -0.3 is 0 Å². The van der Waals surface area contributed by atoms with Crippen LogP contribution in [-0.4, -0.2) is 15.6 Å². The molecule has 1 aliphatic carbocycles. The van der Waals surface area contributed by atoms with Gasteiger partial charge in [0.05, 0.1) is 11.1 Å². The molecular formula is C19H16N2O. The lowest BCUT2D eigenvalue weighted by Gasteiger charge is -2.23. The van der Waals surface area contributed by atoms with E-state index >= 15 is 0 Å². The zero-order valence-electron chi connectivity index (χ0n) is 12.4. The van der Waals surface area contributed by atoms with E-state index in [9.17, 15) is 4.79 Å². The predicted molar refractivity (Wildman–Crippen MR) is 85.4 cm³/mol. The number of Topliss-reactive ketones (excluding diaryl/α,β-unsaturated/α-hetero) is 1. The maximum absolute atomic E-state index is 12.9. The smallest absolute Gasteiger partial charge is 0.173 e. The molecule has 0 radical (unpaired) electrons. The van der Waals surface area contributed by atoms with Gasteiger partial charge in [-0.25, -0.2) is 4.68 Å². The highest BCUT2D eigenvalue weighted by atomic mass is 16.1. The van der Waals surface area contributed by atoms with Crippen LogP contribution in [0.15, 0.2) is 67.0 Å². The predicted octanol–water partition coefficient (Wildman–Crippen LogP) is 3.57. The van der Waals surface area contributed by atoms with Crippen molar-refractivity contribution in [1.82, 2.24) is 9.78 Å². The van der Waals surface area contributed by atoms with Gasteiger partial charge in [0.15, 0.2) is 5.78 Å². The molecule has 1 aliphatic rings. The summed E-state index contributed by atoms with van der Waals surface area (Å²) < 4.78 is 1.82. The number of benzene rings is 2. The summed E-state index contributed by atoms with van der Waals surface area (Å²) in [5, 5.41) is 4.27. The summed E-state index contributed by atoms with van der Waals surface area (Å²) in [6, 6.07) is 17.9. The van der Waals surface area contributed by atoms with E-state index in [-0.39, 0.29) is 5.78 Å². The second kappa shape index (κ2) is 4.67. The maximum atomic E-state index is 12.9. The Morgan fingerprint density at radius 2 is 1.95 bits per heavy atom. The fourth-order valence-corrected chi connectivity index (χ4v) is 3.30. The van der Waals surface area contributed by atoms with Gasteiger partial charge >= 0.3 is 0 Å². The van der Waals surface area contributed by atoms with Crippen LogP contribution >= 0.6 is 0 Å². The Balaban J connectivity index is 1.80. The van der Waals surface area contributed by atoms with E-state index in [2.05, 4.69) is 17.2 Å². The highest BCUT2D eigenvalue weighted by Gasteiger charge is 2.42. The van der Waals surface area contributed by atoms with Crippen LogP contribution in [0, 0.1) is 0 Å². The van der Waals surface area contributed by atoms with E-state index in [0.717, 1.165) is 28.8 Å². The number of carbonyl (C=O) groups is 1. The molecular weight excluding hydrogens is 272 g/mol. The van der Waals surface area contributed by atoms with Crippen molar-refractivity contribution >= 4 is 5.78 Å². The summed E-state index contributed by atoms with van der Waals surface area (Å²) in [6.07, 6.45) is 4.42. The van der Waals surface area contributed by atoms with Crippen molar-refractivity contribution in [1.29, 1.82) is 0 Å². The fourth-order valence-electron chi connectivity index (χ4n) is 3.30. The van der Waals surface area contributed by atoms with Crippen molar-refractivity contribution < 1.29 is 4.79 Å². The molecule has 22 heavy (non-hydrogen) atoms. The van der Waals surface area contributed by atoms with Gasteiger partial charge in [-0.2, -0.15) is 5.10 Å². The number of carbonyl (C=O) groups excluding carboxylic acids is 1. The zero-order valence-corrected chi connectivity index (χ0v) is 12.4. The number of rotatable bonds is 2. The molecule has 3 aromatic rings. The van der Waals surface area contributed by atoms with Crippen molar-refractivity contribution in [3.8, 4) is 5.69 Å². The molecule has 0 saturated carbocycles. The molecule has 3 nitrogen and oxygen atoms in total. The van der Waals surface area contributed by atoms with Crippen LogP contribution in [0.1, 0.15) is 28.4 Å². The first kappa shape index (κ1) is 13.0. The van der Waals surface area contributed by atoms with Gasteiger partial charge in [0.25, 0.3) is 0 Å². The molecule has 0 aliphatic heterocycles. The van der Waals surface area contributed by atoms with Gasteiger partial charge in [-0.15, -0.1) is 0 Å². The van der Waals surface area contributed by atoms with Crippen LogP contribution in [0.3, 0.4) is 0 Å². The van der Waals surface area contributed by atoms with Crippen molar-refractivity contribution in [2.75, 3.05) is 0 Å². The molecule has 0 unspecified atom stereocenters. The number of hydrogen-bond donors (Lipinski definition) is 0. The third-order valence-electron chi connectivity index (χ3n) is 4.56. The van der Waals surface area contributed by atoms with Crippen LogP contribution in [0.2, 0.25) is 0 Å². The number of fused-ring (bicyclic) bond motifs is 1. The van der Waals surface area contributed by atoms with Crippen LogP contribution in [0.4, 0.5) is 0 Å². The lowest BCUT2D eigenvalue weighted by atomic mass is 9.79. The molecule has 108 valence electrons. The summed E-state index contributed by atoms with van der Waals surface area (Å²) in [5.41, 5.74) is 3.52. The summed E-state index contributed by atoms with van der Waals surface area (Å²) in [5.74, 6) is 0.209. The first-order chi connectivity index (χ1) is 10.7. The van der Waals surface area contributed by atoms with E-state index < -0.39 is 5.41 Å². The molecule has 4 rings (SSSR count). The summed E-state index contributed by atoms with van der Waals surface area (Å²) >= 11 is 0. The summed E-state index contributed by atoms with van der Waals surface area (Å²) in [6.45, 7) is 2.04. The van der Waals surface area contributed by atoms with Gasteiger partial charge in [-0.3, -0.25) is 4.79 Å². The summed E-state index contributed by atoms with van der Waals surface area (Å²) in [7, 11) is 0. The van der Waals surface area contributed by atoms with Crippen LogP contribution in [0.25, 0.3) is 5.69 Å².